The van der Waals surface area contributed by atoms with Crippen molar-refractivity contribution in [1.82, 2.24) is 14.8 Å². The maximum atomic E-state index is 12.9. The van der Waals surface area contributed by atoms with Crippen molar-refractivity contribution in [3.63, 3.8) is 0 Å². The van der Waals surface area contributed by atoms with Gasteiger partial charge in [0.15, 0.2) is 0 Å². The van der Waals surface area contributed by atoms with Gasteiger partial charge in [0.2, 0.25) is 0 Å². The summed E-state index contributed by atoms with van der Waals surface area (Å²) in [4.78, 5) is 17.8. The lowest BCUT2D eigenvalue weighted by Crippen LogP contribution is -2.23. The van der Waals surface area contributed by atoms with Crippen molar-refractivity contribution in [1.29, 1.82) is 0 Å². The molecule has 0 unspecified atom stereocenters. The third kappa shape index (κ3) is 4.48. The van der Waals surface area contributed by atoms with Crippen molar-refractivity contribution in [2.45, 2.75) is 19.5 Å². The average molecular weight is 415 g/mol. The van der Waals surface area contributed by atoms with Crippen molar-refractivity contribution in [3.8, 4) is 5.69 Å². The number of rotatable bonds is 5. The van der Waals surface area contributed by atoms with E-state index in [4.69, 9.17) is 11.6 Å². The molecular weight excluding hydrogens is 401 g/mol. The van der Waals surface area contributed by atoms with Gasteiger partial charge >= 0.3 is 6.18 Å². The molecule has 0 atom stereocenters. The molecule has 1 N–H and O–H groups in total. The Kier molecular flexibility index (Phi) is 5.52. The van der Waals surface area contributed by atoms with E-state index in [1.807, 2.05) is 6.92 Å². The second-order valence-corrected chi connectivity index (χ2v) is 7.38. The first-order valence-corrected chi connectivity index (χ1v) is 9.06. The molecule has 3 rings (SSSR count). The second kappa shape index (κ2) is 7.69. The van der Waals surface area contributed by atoms with E-state index in [9.17, 15) is 18.0 Å². The molecule has 3 aromatic rings. The van der Waals surface area contributed by atoms with E-state index in [2.05, 4.69) is 15.4 Å². The van der Waals surface area contributed by atoms with Crippen molar-refractivity contribution in [3.05, 3.63) is 67.5 Å². The predicted molar refractivity (Wildman–Crippen MR) is 98.9 cm³/mol. The molecule has 0 bridgehead atoms. The van der Waals surface area contributed by atoms with E-state index in [0.717, 1.165) is 26.7 Å². The van der Waals surface area contributed by atoms with E-state index in [1.54, 1.807) is 17.5 Å². The number of hydrogen-bond acceptors (Lipinski definition) is 5. The molecule has 142 valence electrons. The van der Waals surface area contributed by atoms with Gasteiger partial charge in [-0.3, -0.25) is 4.79 Å². The van der Waals surface area contributed by atoms with Crippen LogP contribution in [0.4, 0.5) is 18.9 Å². The summed E-state index contributed by atoms with van der Waals surface area (Å²) in [5.41, 5.74) is -1.27. The lowest BCUT2D eigenvalue weighted by atomic mass is 10.2. The lowest BCUT2D eigenvalue weighted by molar-refractivity contribution is -0.137. The maximum Gasteiger partial charge on any atom is 0.416 e. The fourth-order valence-electron chi connectivity index (χ4n) is 2.38. The quantitative estimate of drug-likeness (QED) is 0.675. The number of nitrogens with one attached hydrogen (secondary N) is 1. The molecule has 5 nitrogen and oxygen atoms in total. The summed E-state index contributed by atoms with van der Waals surface area (Å²) in [6.45, 7) is 2.45. The Morgan fingerprint density at radius 3 is 2.74 bits per heavy atom. The van der Waals surface area contributed by atoms with Gasteiger partial charge in [0.1, 0.15) is 5.02 Å². The van der Waals surface area contributed by atoms with Gasteiger partial charge in [-0.2, -0.15) is 23.0 Å². The summed E-state index contributed by atoms with van der Waals surface area (Å²) in [5, 5.41) is 7.75. The predicted octanol–water partition coefficient (Wildman–Crippen LogP) is 4.32. The molecule has 0 amide bonds. The maximum absolute atomic E-state index is 12.9. The monoisotopic (exact) mass is 414 g/mol. The molecule has 0 aliphatic rings. The molecule has 2 aromatic heterocycles. The number of nitrogens with zero attached hydrogens (tertiary/aromatic N) is 3. The van der Waals surface area contributed by atoms with E-state index < -0.39 is 17.3 Å². The molecule has 0 aliphatic heterocycles. The van der Waals surface area contributed by atoms with Gasteiger partial charge in [0.05, 0.1) is 28.1 Å². The topological polar surface area (TPSA) is 59.8 Å². The number of benzene rings is 1. The average Bonchev–Trinajstić information content (AvgIpc) is 3.03. The van der Waals surface area contributed by atoms with Crippen molar-refractivity contribution in [2.24, 2.45) is 0 Å². The lowest BCUT2D eigenvalue weighted by Gasteiger charge is -2.12. The molecule has 27 heavy (non-hydrogen) atoms. The van der Waals surface area contributed by atoms with E-state index in [0.29, 0.717) is 18.7 Å². The van der Waals surface area contributed by atoms with Crippen LogP contribution in [-0.4, -0.2) is 21.3 Å². The fraction of sp³-hybridized carbons (Fsp3) is 0.235. The highest BCUT2D eigenvalue weighted by Gasteiger charge is 2.30. The summed E-state index contributed by atoms with van der Waals surface area (Å²) in [7, 11) is 0. The van der Waals surface area contributed by atoms with Crippen LogP contribution in [0.25, 0.3) is 5.69 Å². The van der Waals surface area contributed by atoms with Crippen LogP contribution in [0.1, 0.15) is 15.4 Å². The van der Waals surface area contributed by atoms with E-state index in [-0.39, 0.29) is 10.7 Å². The van der Waals surface area contributed by atoms with Gasteiger partial charge < -0.3 is 5.32 Å². The van der Waals surface area contributed by atoms with E-state index >= 15 is 0 Å². The van der Waals surface area contributed by atoms with Gasteiger partial charge in [0.25, 0.3) is 5.56 Å². The molecule has 0 radical (unpaired) electrons. The Morgan fingerprint density at radius 1 is 1.30 bits per heavy atom. The van der Waals surface area contributed by atoms with Crippen LogP contribution < -0.4 is 10.9 Å². The SMILES string of the molecule is Cc1cnc(CCNc2cnn(-c3cccc(C(F)(F)F)c3)c(=O)c2Cl)s1. The van der Waals surface area contributed by atoms with Crippen LogP contribution in [-0.2, 0) is 12.6 Å². The second-order valence-electron chi connectivity index (χ2n) is 5.68. The third-order valence-corrected chi connectivity index (χ3v) is 5.00. The third-order valence-electron chi connectivity index (χ3n) is 3.66. The molecule has 0 saturated carbocycles. The number of alkyl halides is 3. The smallest absolute Gasteiger partial charge is 0.382 e. The minimum Gasteiger partial charge on any atom is -0.382 e. The highest BCUT2D eigenvalue weighted by Crippen LogP contribution is 2.30. The highest BCUT2D eigenvalue weighted by molar-refractivity contribution is 7.11. The zero-order valence-corrected chi connectivity index (χ0v) is 15.6. The van der Waals surface area contributed by atoms with Gasteiger partial charge in [0, 0.05) is 24.0 Å². The number of anilines is 1. The Labute approximate surface area is 161 Å². The zero-order chi connectivity index (χ0) is 19.6. The van der Waals surface area contributed by atoms with Crippen LogP contribution in [0.3, 0.4) is 0 Å². The number of aryl methyl sites for hydroxylation is 1. The Balaban J connectivity index is 1.80. The number of halogens is 4. The van der Waals surface area contributed by atoms with Crippen LogP contribution >= 0.6 is 22.9 Å². The molecular formula is C17H14ClF3N4OS. The molecule has 1 aromatic carbocycles. The van der Waals surface area contributed by atoms with Crippen LogP contribution in [0.15, 0.2) is 41.5 Å². The van der Waals surface area contributed by atoms with Gasteiger partial charge in [-0.25, -0.2) is 4.98 Å². The molecule has 0 spiro atoms. The molecule has 0 saturated heterocycles. The summed E-state index contributed by atoms with van der Waals surface area (Å²) in [5.74, 6) is 0. The number of thiazole rings is 1. The largest absolute Gasteiger partial charge is 0.416 e. The summed E-state index contributed by atoms with van der Waals surface area (Å²) >= 11 is 7.67. The Bertz CT molecular complexity index is 1020. The standard InChI is InChI=1S/C17H14ClF3N4OS/c1-10-8-23-14(27-10)5-6-22-13-9-24-25(16(26)15(13)18)12-4-2-3-11(7-12)17(19,20)21/h2-4,7-9,22H,5-6H2,1H3. The molecule has 0 fully saturated rings. The first-order valence-electron chi connectivity index (χ1n) is 7.86. The van der Waals surface area contributed by atoms with Gasteiger partial charge in [-0.1, -0.05) is 17.7 Å². The minimum absolute atomic E-state index is 0.0125. The summed E-state index contributed by atoms with van der Waals surface area (Å²) in [6.07, 6.45) is -0.771. The van der Waals surface area contributed by atoms with Crippen LogP contribution in [0.2, 0.25) is 5.02 Å². The summed E-state index contributed by atoms with van der Waals surface area (Å²) in [6, 6.07) is 4.34. The first-order chi connectivity index (χ1) is 12.8. The Morgan fingerprint density at radius 2 is 2.07 bits per heavy atom. The highest BCUT2D eigenvalue weighted by atomic mass is 35.5. The molecule has 2 heterocycles. The molecule has 0 aliphatic carbocycles. The van der Waals surface area contributed by atoms with Gasteiger partial charge in [-0.05, 0) is 25.1 Å². The van der Waals surface area contributed by atoms with Crippen LogP contribution in [0, 0.1) is 6.92 Å². The van der Waals surface area contributed by atoms with Crippen molar-refractivity contribution in [2.75, 3.05) is 11.9 Å². The Hall–Kier alpha value is -2.39. The fourth-order valence-corrected chi connectivity index (χ4v) is 3.36. The summed E-state index contributed by atoms with van der Waals surface area (Å²) < 4.78 is 39.4. The number of aromatic nitrogens is 3. The van der Waals surface area contributed by atoms with Crippen molar-refractivity contribution < 1.29 is 13.2 Å². The molecule has 10 heteroatoms. The normalized spacial score (nSPS) is 11.6. The first kappa shape index (κ1) is 19.4. The van der Waals surface area contributed by atoms with Crippen LogP contribution in [0.5, 0.6) is 0 Å². The van der Waals surface area contributed by atoms with E-state index in [1.165, 1.54) is 18.3 Å². The number of hydrogen-bond donors (Lipinski definition) is 1. The van der Waals surface area contributed by atoms with Gasteiger partial charge in [-0.15, -0.1) is 11.3 Å². The van der Waals surface area contributed by atoms with Crippen molar-refractivity contribution >= 4 is 28.6 Å². The zero-order valence-electron chi connectivity index (χ0n) is 14.0. The minimum atomic E-state index is -4.51.